The molecule has 0 amide bonds. The number of aliphatic hydroxyl groups is 1. The molecule has 0 bridgehead atoms. The summed E-state index contributed by atoms with van der Waals surface area (Å²) in [5.41, 5.74) is 3.22. The van der Waals surface area contributed by atoms with Gasteiger partial charge in [-0.15, -0.1) is 0 Å². The monoisotopic (exact) mass is 302 g/mol. The van der Waals surface area contributed by atoms with Gasteiger partial charge in [-0.1, -0.05) is 11.6 Å². The molecule has 0 unspecified atom stereocenters. The zero-order valence-electron chi connectivity index (χ0n) is 13.1. The van der Waals surface area contributed by atoms with Crippen LogP contribution in [-0.2, 0) is 17.6 Å². The zero-order valence-corrected chi connectivity index (χ0v) is 13.1. The molecule has 0 aliphatic carbocycles. The first-order chi connectivity index (χ1) is 10.3. The van der Waals surface area contributed by atoms with Crippen molar-refractivity contribution in [1.29, 1.82) is 0 Å². The van der Waals surface area contributed by atoms with E-state index in [1.165, 1.54) is 6.08 Å². The third-order valence-corrected chi connectivity index (χ3v) is 3.06. The van der Waals surface area contributed by atoms with Crippen molar-refractivity contribution in [3.05, 3.63) is 58.4 Å². The highest BCUT2D eigenvalue weighted by atomic mass is 16.4. The number of carboxylic acids is 1. The van der Waals surface area contributed by atoms with Crippen LogP contribution in [0.1, 0.15) is 37.5 Å². The van der Waals surface area contributed by atoms with E-state index in [4.69, 9.17) is 5.11 Å². The molecule has 0 atom stereocenters. The highest BCUT2D eigenvalue weighted by Gasteiger charge is 2.08. The lowest BCUT2D eigenvalue weighted by Gasteiger charge is -2.10. The molecule has 4 nitrogen and oxygen atoms in total. The number of aliphatic hydroxyl groups excluding tert-OH is 1. The van der Waals surface area contributed by atoms with Gasteiger partial charge in [-0.3, -0.25) is 0 Å². The predicted octanol–water partition coefficient (Wildman–Crippen LogP) is 4.00. The molecule has 0 radical (unpaired) electrons. The summed E-state index contributed by atoms with van der Waals surface area (Å²) in [6, 6.07) is 3.49. The molecule has 0 saturated heterocycles. The standard InChI is InChI=1S/C18H22O4/c1-12(2)4-7-15-10-14(6-9-17(20)21)11-16(18(15)22)8-5-13(3)19/h4-6,9-11,19,22H,7-8H2,1-3H3,(H,20,21)/b9-6+,13-5+. The van der Waals surface area contributed by atoms with Crippen LogP contribution in [0.4, 0.5) is 0 Å². The smallest absolute Gasteiger partial charge is 0.328 e. The van der Waals surface area contributed by atoms with Gasteiger partial charge in [-0.2, -0.15) is 0 Å². The van der Waals surface area contributed by atoms with Gasteiger partial charge in [-0.25, -0.2) is 4.79 Å². The van der Waals surface area contributed by atoms with Gasteiger partial charge in [-0.05, 0) is 74.6 Å². The van der Waals surface area contributed by atoms with Gasteiger partial charge >= 0.3 is 5.97 Å². The Morgan fingerprint density at radius 2 is 1.59 bits per heavy atom. The molecule has 118 valence electrons. The van der Waals surface area contributed by atoms with Gasteiger partial charge in [0.25, 0.3) is 0 Å². The topological polar surface area (TPSA) is 77.8 Å². The normalized spacial score (nSPS) is 11.7. The first-order valence-corrected chi connectivity index (χ1v) is 7.04. The van der Waals surface area contributed by atoms with Crippen molar-refractivity contribution in [2.75, 3.05) is 0 Å². The van der Waals surface area contributed by atoms with Crippen LogP contribution in [0, 0.1) is 0 Å². The molecule has 0 aliphatic rings. The Bertz CT molecular complexity index is 587. The van der Waals surface area contributed by atoms with Crippen molar-refractivity contribution in [2.45, 2.75) is 33.6 Å². The van der Waals surface area contributed by atoms with E-state index < -0.39 is 5.97 Å². The Morgan fingerprint density at radius 1 is 1.05 bits per heavy atom. The minimum atomic E-state index is -1.02. The zero-order chi connectivity index (χ0) is 16.7. The van der Waals surface area contributed by atoms with E-state index in [1.54, 1.807) is 25.1 Å². The molecular formula is C18H22O4. The SMILES string of the molecule is CC(C)=CCc1cc(/C=C/C(=O)O)cc(C/C=C(\C)O)c1O. The Balaban J connectivity index is 3.26. The van der Waals surface area contributed by atoms with Gasteiger partial charge in [0, 0.05) is 6.08 Å². The van der Waals surface area contributed by atoms with E-state index in [9.17, 15) is 15.0 Å². The van der Waals surface area contributed by atoms with Crippen LogP contribution < -0.4 is 0 Å². The van der Waals surface area contributed by atoms with Crippen molar-refractivity contribution >= 4 is 12.0 Å². The highest BCUT2D eigenvalue weighted by Crippen LogP contribution is 2.27. The number of hydrogen-bond donors (Lipinski definition) is 3. The van der Waals surface area contributed by atoms with Crippen LogP contribution in [0.15, 0.2) is 41.7 Å². The lowest BCUT2D eigenvalue weighted by molar-refractivity contribution is -0.131. The van der Waals surface area contributed by atoms with Crippen LogP contribution in [0.5, 0.6) is 5.75 Å². The number of phenols is 1. The van der Waals surface area contributed by atoms with Crippen molar-refractivity contribution in [3.63, 3.8) is 0 Å². The first-order valence-electron chi connectivity index (χ1n) is 7.04. The summed E-state index contributed by atoms with van der Waals surface area (Å²) >= 11 is 0. The van der Waals surface area contributed by atoms with E-state index in [2.05, 4.69) is 0 Å². The summed E-state index contributed by atoms with van der Waals surface area (Å²) in [4.78, 5) is 10.7. The molecule has 3 N–H and O–H groups in total. The van der Waals surface area contributed by atoms with Crippen LogP contribution in [0.2, 0.25) is 0 Å². The minimum Gasteiger partial charge on any atom is -0.513 e. The number of rotatable bonds is 6. The second-order valence-corrected chi connectivity index (χ2v) is 5.39. The summed E-state index contributed by atoms with van der Waals surface area (Å²) in [6.45, 7) is 5.52. The van der Waals surface area contributed by atoms with Crippen LogP contribution in [0.3, 0.4) is 0 Å². The second-order valence-electron chi connectivity index (χ2n) is 5.39. The van der Waals surface area contributed by atoms with Crippen molar-refractivity contribution in [1.82, 2.24) is 0 Å². The van der Waals surface area contributed by atoms with Gasteiger partial charge in [0.05, 0.1) is 5.76 Å². The summed E-state index contributed by atoms with van der Waals surface area (Å²) in [6.07, 6.45) is 7.10. The van der Waals surface area contributed by atoms with Crippen molar-refractivity contribution < 1.29 is 20.1 Å². The van der Waals surface area contributed by atoms with Gasteiger partial charge in [0.15, 0.2) is 0 Å². The maximum Gasteiger partial charge on any atom is 0.328 e. The third kappa shape index (κ3) is 5.87. The second kappa shape index (κ2) is 8.08. The van der Waals surface area contributed by atoms with Gasteiger partial charge in [0.2, 0.25) is 0 Å². The first kappa shape index (κ1) is 17.6. The number of aliphatic carboxylic acids is 1. The van der Waals surface area contributed by atoms with Crippen LogP contribution in [0.25, 0.3) is 6.08 Å². The summed E-state index contributed by atoms with van der Waals surface area (Å²) in [5.74, 6) is -0.661. The van der Waals surface area contributed by atoms with E-state index in [-0.39, 0.29) is 11.5 Å². The van der Waals surface area contributed by atoms with E-state index >= 15 is 0 Å². The number of carboxylic acid groups (broad SMARTS) is 1. The summed E-state index contributed by atoms with van der Waals surface area (Å²) < 4.78 is 0. The molecule has 0 aliphatic heterocycles. The fourth-order valence-electron chi connectivity index (χ4n) is 1.93. The maximum atomic E-state index is 10.7. The maximum absolute atomic E-state index is 10.7. The number of aromatic hydroxyl groups is 1. The highest BCUT2D eigenvalue weighted by molar-refractivity contribution is 5.85. The van der Waals surface area contributed by atoms with E-state index in [0.717, 1.165) is 17.2 Å². The Kier molecular flexibility index (Phi) is 6.45. The number of hydrogen-bond acceptors (Lipinski definition) is 3. The molecular weight excluding hydrogens is 280 g/mol. The Hall–Kier alpha value is -2.49. The molecule has 0 fully saturated rings. The molecule has 0 heterocycles. The molecule has 22 heavy (non-hydrogen) atoms. The average molecular weight is 302 g/mol. The van der Waals surface area contributed by atoms with Crippen molar-refractivity contribution in [3.8, 4) is 5.75 Å². The van der Waals surface area contributed by atoms with Crippen LogP contribution in [-0.4, -0.2) is 21.3 Å². The molecule has 1 aromatic carbocycles. The van der Waals surface area contributed by atoms with Crippen molar-refractivity contribution in [2.24, 2.45) is 0 Å². The number of carbonyl (C=O) groups is 1. The largest absolute Gasteiger partial charge is 0.513 e. The summed E-state index contributed by atoms with van der Waals surface area (Å²) in [5, 5.41) is 28.3. The third-order valence-electron chi connectivity index (χ3n) is 3.06. The molecule has 1 aromatic rings. The molecule has 4 heteroatoms. The number of phenolic OH excluding ortho intramolecular Hbond substituents is 1. The number of allylic oxidation sites excluding steroid dienone is 4. The molecule has 1 rings (SSSR count). The average Bonchev–Trinajstić information content (AvgIpc) is 2.42. The number of benzene rings is 1. The molecule has 0 aromatic heterocycles. The predicted molar refractivity (Wildman–Crippen MR) is 88.0 cm³/mol. The Morgan fingerprint density at radius 3 is 2.05 bits per heavy atom. The van der Waals surface area contributed by atoms with Crippen LogP contribution >= 0.6 is 0 Å². The lowest BCUT2D eigenvalue weighted by Crippen LogP contribution is -1.94. The minimum absolute atomic E-state index is 0.178. The van der Waals surface area contributed by atoms with E-state index in [1.807, 2.05) is 19.9 Å². The fraction of sp³-hybridized carbons (Fsp3) is 0.278. The lowest BCUT2D eigenvalue weighted by atomic mass is 9.98. The van der Waals surface area contributed by atoms with E-state index in [0.29, 0.717) is 24.0 Å². The molecule has 0 saturated carbocycles. The Labute approximate surface area is 130 Å². The quantitative estimate of drug-likeness (QED) is 0.421. The fourth-order valence-corrected chi connectivity index (χ4v) is 1.93. The van der Waals surface area contributed by atoms with Gasteiger partial charge in [0.1, 0.15) is 5.75 Å². The molecule has 0 spiro atoms. The summed E-state index contributed by atoms with van der Waals surface area (Å²) in [7, 11) is 0. The van der Waals surface area contributed by atoms with Gasteiger partial charge < -0.3 is 15.3 Å².